The van der Waals surface area contributed by atoms with Crippen molar-refractivity contribution < 1.29 is 15.6 Å². The molecule has 0 aliphatic heterocycles. The Balaban J connectivity index is 0.000000413. The van der Waals surface area contributed by atoms with Gasteiger partial charge in [-0.3, -0.25) is 9.55 Å². The van der Waals surface area contributed by atoms with Crippen LogP contribution in [0.2, 0.25) is 0 Å². The largest absolute Gasteiger partial charge is 0.494 e. The maximum Gasteiger partial charge on any atom is 0.213 e. The minimum Gasteiger partial charge on any atom is -0.494 e. The van der Waals surface area contributed by atoms with Crippen molar-refractivity contribution in [3.05, 3.63) is 78.4 Å². The number of aryl methyl sites for hydroxylation is 2. The first kappa shape index (κ1) is 24.6. The number of hydrogen-bond acceptors (Lipinski definition) is 8. The number of ether oxygens (including phenoxy) is 3. The molecule has 0 aliphatic rings. The van der Waals surface area contributed by atoms with Crippen LogP contribution in [0.25, 0.3) is 28.5 Å². The summed E-state index contributed by atoms with van der Waals surface area (Å²) < 4.78 is 18.7. The van der Waals surface area contributed by atoms with E-state index in [1.807, 2.05) is 80.1 Å². The Morgan fingerprint density at radius 2 is 1.61 bits per heavy atom. The van der Waals surface area contributed by atoms with E-state index in [4.69, 9.17) is 19.2 Å². The lowest BCUT2D eigenvalue weighted by Gasteiger charge is -2.16. The van der Waals surface area contributed by atoms with Crippen molar-refractivity contribution in [3.8, 4) is 34.6 Å². The smallest absolute Gasteiger partial charge is 0.213 e. The summed E-state index contributed by atoms with van der Waals surface area (Å²) in [5, 5.41) is 0. The molecule has 9 heteroatoms. The third kappa shape index (κ3) is 5.25. The number of imidazole rings is 1. The number of rotatable bonds is 6. The van der Waals surface area contributed by atoms with Gasteiger partial charge in [-0.15, -0.1) is 0 Å². The summed E-state index contributed by atoms with van der Waals surface area (Å²) in [6, 6.07) is 15.1. The van der Waals surface area contributed by atoms with Crippen LogP contribution in [0.5, 0.6) is 17.4 Å². The van der Waals surface area contributed by atoms with E-state index in [0.717, 1.165) is 5.69 Å². The molecular formula is C27H30N6O3. The molecule has 0 unspecified atom stereocenters. The Labute approximate surface area is 211 Å². The van der Waals surface area contributed by atoms with Crippen LogP contribution in [-0.4, -0.2) is 50.3 Å². The number of hydrogen-bond donors (Lipinski definition) is 0. The van der Waals surface area contributed by atoms with Gasteiger partial charge >= 0.3 is 0 Å². The van der Waals surface area contributed by atoms with Crippen LogP contribution in [0.1, 0.15) is 19.6 Å². The molecular weight excluding hydrogens is 456 g/mol. The average Bonchev–Trinajstić information content (AvgIpc) is 3.27. The minimum absolute atomic E-state index is 0. The quantitative estimate of drug-likeness (QED) is 0.322. The molecule has 0 saturated heterocycles. The van der Waals surface area contributed by atoms with Crippen molar-refractivity contribution in [3.63, 3.8) is 0 Å². The van der Waals surface area contributed by atoms with Crippen LogP contribution in [0.15, 0.2) is 67.1 Å². The molecule has 0 spiro atoms. The monoisotopic (exact) mass is 486 g/mol. The second-order valence-electron chi connectivity index (χ2n) is 7.77. The van der Waals surface area contributed by atoms with E-state index in [0.29, 0.717) is 52.5 Å². The Hall–Kier alpha value is -4.53. The van der Waals surface area contributed by atoms with Crippen molar-refractivity contribution in [2.24, 2.45) is 0 Å². The number of para-hydroxylation sites is 1. The molecule has 0 fully saturated rings. The number of nitrogens with zero attached hydrogens (tertiary/aromatic N) is 6. The maximum atomic E-state index is 5.62. The Morgan fingerprint density at radius 3 is 2.22 bits per heavy atom. The first-order valence-corrected chi connectivity index (χ1v) is 11.5. The molecule has 0 amide bonds. The number of methoxy groups -OCH3 is 2. The van der Waals surface area contributed by atoms with Gasteiger partial charge in [-0.1, -0.05) is 18.2 Å². The lowest BCUT2D eigenvalue weighted by molar-refractivity contribution is 0.327. The van der Waals surface area contributed by atoms with Crippen molar-refractivity contribution in [1.29, 1.82) is 0 Å². The summed E-state index contributed by atoms with van der Waals surface area (Å²) >= 11 is 0. The molecule has 0 radical (unpaired) electrons. The first-order chi connectivity index (χ1) is 17.5. The van der Waals surface area contributed by atoms with Gasteiger partial charge in [0, 0.05) is 19.9 Å². The number of aromatic nitrogens is 6. The summed E-state index contributed by atoms with van der Waals surface area (Å²) in [7, 11) is 3.23. The Morgan fingerprint density at radius 1 is 0.861 bits per heavy atom. The van der Waals surface area contributed by atoms with Gasteiger partial charge in [-0.25, -0.2) is 19.9 Å². The van der Waals surface area contributed by atoms with E-state index in [1.165, 1.54) is 5.56 Å². The zero-order valence-electron chi connectivity index (χ0n) is 21.0. The zero-order chi connectivity index (χ0) is 25.5. The second-order valence-corrected chi connectivity index (χ2v) is 7.77. The summed E-state index contributed by atoms with van der Waals surface area (Å²) in [5.41, 5.74) is 4.38. The Kier molecular flexibility index (Phi) is 7.69. The van der Waals surface area contributed by atoms with Crippen molar-refractivity contribution in [1.82, 2.24) is 29.5 Å². The number of pyridine rings is 2. The highest BCUT2D eigenvalue weighted by molar-refractivity contribution is 5.79. The van der Waals surface area contributed by atoms with Gasteiger partial charge in [0.2, 0.25) is 5.88 Å². The molecule has 5 rings (SSSR count). The van der Waals surface area contributed by atoms with Gasteiger partial charge in [-0.05, 0) is 50.6 Å². The molecule has 1 aromatic carbocycles. The third-order valence-electron chi connectivity index (χ3n) is 5.17. The first-order valence-electron chi connectivity index (χ1n) is 11.5. The fraction of sp³-hybridized carbons (Fsp3) is 0.222. The van der Waals surface area contributed by atoms with Crippen LogP contribution in [0, 0.1) is 13.8 Å². The van der Waals surface area contributed by atoms with E-state index in [1.54, 1.807) is 26.6 Å². The van der Waals surface area contributed by atoms with E-state index in [9.17, 15) is 0 Å². The van der Waals surface area contributed by atoms with Gasteiger partial charge < -0.3 is 14.2 Å². The van der Waals surface area contributed by atoms with Crippen molar-refractivity contribution in [2.75, 3.05) is 20.8 Å². The summed E-state index contributed by atoms with van der Waals surface area (Å²) in [6.45, 7) is 6.35. The van der Waals surface area contributed by atoms with Crippen LogP contribution in [0.4, 0.5) is 0 Å². The lowest BCUT2D eigenvalue weighted by atomic mass is 10.2. The van der Waals surface area contributed by atoms with E-state index in [2.05, 4.69) is 19.9 Å². The number of benzene rings is 1. The summed E-state index contributed by atoms with van der Waals surface area (Å²) in [5.74, 6) is 2.32. The highest BCUT2D eigenvalue weighted by Crippen LogP contribution is 2.37. The molecule has 0 aliphatic carbocycles. The molecule has 4 heterocycles. The lowest BCUT2D eigenvalue weighted by Crippen LogP contribution is -2.05. The van der Waals surface area contributed by atoms with Crippen LogP contribution >= 0.6 is 0 Å². The minimum atomic E-state index is 0. The van der Waals surface area contributed by atoms with E-state index >= 15 is 0 Å². The van der Waals surface area contributed by atoms with Gasteiger partial charge in [0.25, 0.3) is 0 Å². The molecule has 36 heavy (non-hydrogen) atoms. The maximum absolute atomic E-state index is 5.62. The summed E-state index contributed by atoms with van der Waals surface area (Å²) in [4.78, 5) is 22.3. The predicted octanol–water partition coefficient (Wildman–Crippen LogP) is 5.24. The van der Waals surface area contributed by atoms with E-state index in [-0.39, 0.29) is 1.43 Å². The second kappa shape index (κ2) is 11.3. The van der Waals surface area contributed by atoms with Gasteiger partial charge in [0.05, 0.1) is 32.7 Å². The molecule has 0 saturated carbocycles. The fourth-order valence-corrected chi connectivity index (χ4v) is 3.59. The zero-order valence-corrected chi connectivity index (χ0v) is 21.0. The molecule has 186 valence electrons. The highest BCUT2D eigenvalue weighted by atomic mass is 16.5. The predicted molar refractivity (Wildman–Crippen MR) is 140 cm³/mol. The van der Waals surface area contributed by atoms with Crippen LogP contribution in [0.3, 0.4) is 0 Å². The van der Waals surface area contributed by atoms with E-state index < -0.39 is 0 Å². The molecule has 0 bridgehead atoms. The fourth-order valence-electron chi connectivity index (χ4n) is 3.59. The highest BCUT2D eigenvalue weighted by Gasteiger charge is 2.23. The average molecular weight is 487 g/mol. The molecule has 9 nitrogen and oxygen atoms in total. The van der Waals surface area contributed by atoms with Crippen molar-refractivity contribution >= 4 is 11.3 Å². The van der Waals surface area contributed by atoms with Gasteiger partial charge in [-0.2, -0.15) is 0 Å². The van der Waals surface area contributed by atoms with Crippen LogP contribution in [-0.2, 0) is 0 Å². The number of fused-ring (bicyclic) bond motifs is 1. The Bertz CT molecular complexity index is 1440. The third-order valence-corrected chi connectivity index (χ3v) is 5.17. The topological polar surface area (TPSA) is 97.1 Å². The van der Waals surface area contributed by atoms with Gasteiger partial charge in [0.1, 0.15) is 22.9 Å². The van der Waals surface area contributed by atoms with Crippen molar-refractivity contribution in [2.45, 2.75) is 20.8 Å². The molecule has 4 aromatic heterocycles. The van der Waals surface area contributed by atoms with Gasteiger partial charge in [0.15, 0.2) is 17.1 Å². The van der Waals surface area contributed by atoms with Crippen LogP contribution < -0.4 is 14.2 Å². The normalized spacial score (nSPS) is 10.5. The standard InChI is InChI=1S/C21H21N5O3.C6H7N.H2/c1-5-29-17-11-6-8-14(24-17)20-25-19-21(23-13(2)12-22-19)26(20)18-15(27-3)9-7-10-16(18)28-4;1-6-3-2-4-7-5-6;/h6-12H,5H2,1-4H3;2-5H,1H3;1H. The molecule has 0 N–H and O–H groups in total. The molecule has 5 aromatic rings. The SMILES string of the molecule is CCOc1cccc(-c2nc3ncc(C)nc3n2-c2c(OC)cccc2OC)n1.Cc1cccnc1.[HH]. The molecule has 0 atom stereocenters. The summed E-state index contributed by atoms with van der Waals surface area (Å²) in [6.07, 6.45) is 5.29.